The maximum Gasteiger partial charge on any atom is 0.323 e. The third kappa shape index (κ3) is 5.70. The van der Waals surface area contributed by atoms with E-state index in [4.69, 9.17) is 9.84 Å². The van der Waals surface area contributed by atoms with Crippen LogP contribution in [0.15, 0.2) is 0 Å². The molecule has 0 saturated heterocycles. The second-order valence-corrected chi connectivity index (χ2v) is 4.16. The van der Waals surface area contributed by atoms with Gasteiger partial charge in [0.15, 0.2) is 0 Å². The fourth-order valence-electron chi connectivity index (χ4n) is 1.32. The van der Waals surface area contributed by atoms with Gasteiger partial charge >= 0.3 is 11.9 Å². The van der Waals surface area contributed by atoms with Gasteiger partial charge in [-0.15, -0.1) is 0 Å². The summed E-state index contributed by atoms with van der Waals surface area (Å²) in [6.45, 7) is 7.48. The number of carbonyl (C=O) groups is 2. The van der Waals surface area contributed by atoms with E-state index in [1.54, 1.807) is 6.92 Å². The zero-order valence-corrected chi connectivity index (χ0v) is 10.3. The summed E-state index contributed by atoms with van der Waals surface area (Å²) in [6, 6.07) is -1.31. The fourth-order valence-corrected chi connectivity index (χ4v) is 1.32. The number of carboxylic acids is 1. The van der Waals surface area contributed by atoms with Gasteiger partial charge in [0.25, 0.3) is 0 Å². The molecule has 16 heavy (non-hydrogen) atoms. The van der Waals surface area contributed by atoms with Crippen molar-refractivity contribution in [2.75, 3.05) is 6.61 Å². The highest BCUT2D eigenvalue weighted by molar-refractivity contribution is 5.78. The van der Waals surface area contributed by atoms with Gasteiger partial charge < -0.3 is 9.84 Å². The maximum atomic E-state index is 11.6. The van der Waals surface area contributed by atoms with Gasteiger partial charge in [0.05, 0.1) is 6.61 Å². The van der Waals surface area contributed by atoms with Crippen LogP contribution in [-0.2, 0) is 14.3 Å². The van der Waals surface area contributed by atoms with E-state index in [9.17, 15) is 9.59 Å². The molecule has 0 aromatic rings. The Hall–Kier alpha value is -1.10. The summed E-state index contributed by atoms with van der Waals surface area (Å²) in [6.07, 6.45) is 0.566. The molecular formula is C11H21NO4. The molecule has 0 amide bonds. The van der Waals surface area contributed by atoms with Gasteiger partial charge in [-0.25, -0.2) is 0 Å². The number of esters is 1. The van der Waals surface area contributed by atoms with E-state index in [1.807, 2.05) is 13.8 Å². The van der Waals surface area contributed by atoms with Gasteiger partial charge in [-0.1, -0.05) is 13.8 Å². The van der Waals surface area contributed by atoms with E-state index in [0.29, 0.717) is 18.9 Å². The van der Waals surface area contributed by atoms with Crippen LogP contribution < -0.4 is 5.32 Å². The van der Waals surface area contributed by atoms with Crippen molar-refractivity contribution in [3.8, 4) is 0 Å². The monoisotopic (exact) mass is 231 g/mol. The molecule has 5 nitrogen and oxygen atoms in total. The first kappa shape index (κ1) is 14.9. The van der Waals surface area contributed by atoms with Gasteiger partial charge in [-0.05, 0) is 26.2 Å². The van der Waals surface area contributed by atoms with Crippen molar-refractivity contribution >= 4 is 11.9 Å². The molecule has 0 heterocycles. The lowest BCUT2D eigenvalue weighted by Crippen LogP contribution is -2.46. The van der Waals surface area contributed by atoms with Gasteiger partial charge in [-0.3, -0.25) is 14.9 Å². The lowest BCUT2D eigenvalue weighted by atomic mass is 10.0. The van der Waals surface area contributed by atoms with Crippen molar-refractivity contribution in [1.29, 1.82) is 0 Å². The molecule has 0 radical (unpaired) electrons. The minimum Gasteiger partial charge on any atom is -0.480 e. The number of aliphatic carboxylic acids is 1. The normalized spacial score (nSPS) is 14.6. The van der Waals surface area contributed by atoms with Gasteiger partial charge in [0, 0.05) is 0 Å². The van der Waals surface area contributed by atoms with Crippen molar-refractivity contribution in [3.05, 3.63) is 0 Å². The minimum absolute atomic E-state index is 0.294. The SMILES string of the molecule is CCOC(=O)C(CC(C)C)N[C@@H](C)C(=O)O. The van der Waals surface area contributed by atoms with Crippen LogP contribution in [0, 0.1) is 5.92 Å². The topological polar surface area (TPSA) is 75.6 Å². The predicted molar refractivity (Wildman–Crippen MR) is 60.1 cm³/mol. The van der Waals surface area contributed by atoms with E-state index < -0.39 is 18.1 Å². The summed E-state index contributed by atoms with van der Waals surface area (Å²) in [5.41, 5.74) is 0. The number of hydrogen-bond donors (Lipinski definition) is 2. The van der Waals surface area contributed by atoms with E-state index in [2.05, 4.69) is 5.32 Å². The summed E-state index contributed by atoms with van der Waals surface area (Å²) in [5.74, 6) is -1.06. The first-order valence-electron chi connectivity index (χ1n) is 5.54. The van der Waals surface area contributed by atoms with Crippen LogP contribution in [0.2, 0.25) is 0 Å². The van der Waals surface area contributed by atoms with Gasteiger partial charge in [-0.2, -0.15) is 0 Å². The molecule has 2 atom stereocenters. The van der Waals surface area contributed by atoms with Crippen molar-refractivity contribution < 1.29 is 19.4 Å². The fraction of sp³-hybridized carbons (Fsp3) is 0.818. The maximum absolute atomic E-state index is 11.6. The zero-order chi connectivity index (χ0) is 12.7. The second kappa shape index (κ2) is 7.22. The average molecular weight is 231 g/mol. The molecule has 0 aliphatic rings. The molecule has 0 spiro atoms. The number of carboxylic acid groups (broad SMARTS) is 1. The van der Waals surface area contributed by atoms with Gasteiger partial charge in [0.1, 0.15) is 12.1 Å². The van der Waals surface area contributed by atoms with Crippen molar-refractivity contribution in [3.63, 3.8) is 0 Å². The third-order valence-electron chi connectivity index (χ3n) is 2.10. The van der Waals surface area contributed by atoms with E-state index in [1.165, 1.54) is 6.92 Å². The smallest absolute Gasteiger partial charge is 0.323 e. The Morgan fingerprint density at radius 1 is 1.31 bits per heavy atom. The Balaban J connectivity index is 4.42. The summed E-state index contributed by atoms with van der Waals surface area (Å²) >= 11 is 0. The lowest BCUT2D eigenvalue weighted by Gasteiger charge is -2.21. The Kier molecular flexibility index (Phi) is 6.72. The van der Waals surface area contributed by atoms with Crippen molar-refractivity contribution in [2.45, 2.75) is 46.2 Å². The first-order valence-corrected chi connectivity index (χ1v) is 5.54. The van der Waals surface area contributed by atoms with Crippen LogP contribution in [-0.4, -0.2) is 35.7 Å². The molecule has 0 fully saturated rings. The number of hydrogen-bond acceptors (Lipinski definition) is 4. The molecular weight excluding hydrogens is 210 g/mol. The molecule has 0 rings (SSSR count). The van der Waals surface area contributed by atoms with Crippen LogP contribution in [0.1, 0.15) is 34.1 Å². The quantitative estimate of drug-likeness (QED) is 0.640. The van der Waals surface area contributed by atoms with E-state index in [0.717, 1.165) is 0 Å². The standard InChI is InChI=1S/C11H21NO4/c1-5-16-11(15)9(6-7(2)3)12-8(4)10(13)14/h7-9,12H,5-6H2,1-4H3,(H,13,14)/t8-,9?/m0/s1. The molecule has 0 aliphatic heterocycles. The highest BCUT2D eigenvalue weighted by atomic mass is 16.5. The number of rotatable bonds is 7. The molecule has 94 valence electrons. The van der Waals surface area contributed by atoms with Crippen molar-refractivity contribution in [1.82, 2.24) is 5.32 Å². The Labute approximate surface area is 96.2 Å². The third-order valence-corrected chi connectivity index (χ3v) is 2.10. The summed E-state index contributed by atoms with van der Waals surface area (Å²) in [4.78, 5) is 22.2. The van der Waals surface area contributed by atoms with Crippen LogP contribution in [0.25, 0.3) is 0 Å². The zero-order valence-electron chi connectivity index (χ0n) is 10.3. The van der Waals surface area contributed by atoms with E-state index in [-0.39, 0.29) is 5.97 Å². The summed E-state index contributed by atoms with van der Waals surface area (Å²) in [7, 11) is 0. The van der Waals surface area contributed by atoms with Crippen LogP contribution >= 0.6 is 0 Å². The van der Waals surface area contributed by atoms with Crippen LogP contribution in [0.3, 0.4) is 0 Å². The predicted octanol–water partition coefficient (Wildman–Crippen LogP) is 1.03. The Bertz CT molecular complexity index is 240. The molecule has 0 saturated carbocycles. The number of nitrogens with one attached hydrogen (secondary N) is 1. The van der Waals surface area contributed by atoms with Crippen molar-refractivity contribution in [2.24, 2.45) is 5.92 Å². The molecule has 0 bridgehead atoms. The molecule has 2 N–H and O–H groups in total. The molecule has 0 aromatic carbocycles. The van der Waals surface area contributed by atoms with Crippen LogP contribution in [0.4, 0.5) is 0 Å². The lowest BCUT2D eigenvalue weighted by molar-refractivity contribution is -0.147. The Morgan fingerprint density at radius 3 is 2.25 bits per heavy atom. The summed E-state index contributed by atoms with van der Waals surface area (Å²) in [5, 5.41) is 11.5. The average Bonchev–Trinajstić information content (AvgIpc) is 2.16. The first-order chi connectivity index (χ1) is 7.38. The molecule has 0 aromatic heterocycles. The molecule has 0 aliphatic carbocycles. The van der Waals surface area contributed by atoms with Crippen LogP contribution in [0.5, 0.6) is 0 Å². The Morgan fingerprint density at radius 2 is 1.88 bits per heavy atom. The van der Waals surface area contributed by atoms with Gasteiger partial charge in [0.2, 0.25) is 0 Å². The summed E-state index contributed by atoms with van der Waals surface area (Å²) < 4.78 is 4.89. The van der Waals surface area contributed by atoms with E-state index >= 15 is 0 Å². The molecule has 1 unspecified atom stereocenters. The number of carbonyl (C=O) groups excluding carboxylic acids is 1. The highest BCUT2D eigenvalue weighted by Crippen LogP contribution is 2.07. The highest BCUT2D eigenvalue weighted by Gasteiger charge is 2.24. The second-order valence-electron chi connectivity index (χ2n) is 4.16. The molecule has 5 heteroatoms. The largest absolute Gasteiger partial charge is 0.480 e. The number of ether oxygens (including phenoxy) is 1. The minimum atomic E-state index is -0.974.